The van der Waals surface area contributed by atoms with Crippen LogP contribution in [0.2, 0.25) is 0 Å². The van der Waals surface area contributed by atoms with E-state index in [9.17, 15) is 0 Å². The van der Waals surface area contributed by atoms with Crippen molar-refractivity contribution in [3.05, 3.63) is 35.7 Å². The summed E-state index contributed by atoms with van der Waals surface area (Å²) in [5.41, 5.74) is 1.85. The highest BCUT2D eigenvalue weighted by Crippen LogP contribution is 2.18. The van der Waals surface area contributed by atoms with E-state index in [0.717, 1.165) is 11.1 Å². The lowest BCUT2D eigenvalue weighted by Gasteiger charge is -1.95. The molecule has 0 fully saturated rings. The van der Waals surface area contributed by atoms with Gasteiger partial charge in [0.1, 0.15) is 0 Å². The average Bonchev–Trinajstić information content (AvgIpc) is 2.66. The van der Waals surface area contributed by atoms with Crippen LogP contribution in [0.1, 0.15) is 18.4 Å². The van der Waals surface area contributed by atoms with Crippen LogP contribution in [0.25, 0.3) is 11.5 Å². The summed E-state index contributed by atoms with van der Waals surface area (Å²) in [4.78, 5) is 0. The van der Waals surface area contributed by atoms with Crippen molar-refractivity contribution in [2.24, 2.45) is 0 Å². The van der Waals surface area contributed by atoms with Gasteiger partial charge in [0.25, 0.3) is 0 Å². The van der Waals surface area contributed by atoms with Crippen LogP contribution in [-0.2, 0) is 0 Å². The number of aromatic nitrogens is 2. The summed E-state index contributed by atoms with van der Waals surface area (Å²) in [5, 5.41) is 7.74. The zero-order valence-corrected chi connectivity index (χ0v) is 8.61. The molecule has 1 heterocycles. The Morgan fingerprint density at radius 2 is 2.13 bits per heavy atom. The molecule has 0 spiro atoms. The molecule has 2 rings (SSSR count). The molecule has 0 aliphatic carbocycles. The van der Waals surface area contributed by atoms with E-state index in [1.807, 2.05) is 31.2 Å². The van der Waals surface area contributed by atoms with Gasteiger partial charge >= 0.3 is 0 Å². The maximum atomic E-state index is 5.33. The van der Waals surface area contributed by atoms with Crippen molar-refractivity contribution in [1.82, 2.24) is 10.2 Å². The topological polar surface area (TPSA) is 38.9 Å². The Morgan fingerprint density at radius 1 is 1.27 bits per heavy atom. The standard InChI is InChI=1S/C12H10N2O/c1-3-5-10-6-4-7-11(8-10)12-14-13-9(2)15-12/h4,6-8H,1-2H3. The van der Waals surface area contributed by atoms with Crippen LogP contribution in [0.15, 0.2) is 28.7 Å². The second-order valence-corrected chi connectivity index (χ2v) is 3.08. The van der Waals surface area contributed by atoms with E-state index in [0.29, 0.717) is 11.8 Å². The average molecular weight is 198 g/mol. The van der Waals surface area contributed by atoms with Gasteiger partial charge in [-0.2, -0.15) is 0 Å². The first-order valence-electron chi connectivity index (χ1n) is 4.63. The van der Waals surface area contributed by atoms with Crippen molar-refractivity contribution in [3.63, 3.8) is 0 Å². The van der Waals surface area contributed by atoms with Gasteiger partial charge in [0.2, 0.25) is 11.8 Å². The minimum absolute atomic E-state index is 0.534. The lowest BCUT2D eigenvalue weighted by molar-refractivity contribution is 0.533. The van der Waals surface area contributed by atoms with Crippen LogP contribution in [0, 0.1) is 18.8 Å². The Kier molecular flexibility index (Phi) is 2.51. The number of hydrogen-bond donors (Lipinski definition) is 0. The van der Waals surface area contributed by atoms with Gasteiger partial charge in [0, 0.05) is 18.1 Å². The van der Waals surface area contributed by atoms with Crippen LogP contribution in [0.4, 0.5) is 0 Å². The third kappa shape index (κ3) is 2.05. The monoisotopic (exact) mass is 198 g/mol. The lowest BCUT2D eigenvalue weighted by atomic mass is 10.1. The van der Waals surface area contributed by atoms with Crippen LogP contribution >= 0.6 is 0 Å². The summed E-state index contributed by atoms with van der Waals surface area (Å²) in [6.45, 7) is 3.58. The molecule has 15 heavy (non-hydrogen) atoms. The summed E-state index contributed by atoms with van der Waals surface area (Å²) in [7, 11) is 0. The van der Waals surface area contributed by atoms with Gasteiger partial charge in [-0.05, 0) is 25.1 Å². The smallest absolute Gasteiger partial charge is 0.247 e. The molecule has 0 unspecified atom stereocenters. The number of rotatable bonds is 1. The van der Waals surface area contributed by atoms with Crippen LogP contribution in [-0.4, -0.2) is 10.2 Å². The molecule has 3 heteroatoms. The minimum Gasteiger partial charge on any atom is -0.421 e. The van der Waals surface area contributed by atoms with E-state index in [4.69, 9.17) is 4.42 Å². The Labute approximate surface area is 88.1 Å². The zero-order valence-electron chi connectivity index (χ0n) is 8.61. The summed E-state index contributed by atoms with van der Waals surface area (Å²) in [5.74, 6) is 6.94. The molecule has 3 nitrogen and oxygen atoms in total. The molecule has 0 saturated heterocycles. The van der Waals surface area contributed by atoms with Gasteiger partial charge in [-0.25, -0.2) is 0 Å². The molecule has 0 aliphatic rings. The van der Waals surface area contributed by atoms with Gasteiger partial charge in [-0.15, -0.1) is 16.1 Å². The highest BCUT2D eigenvalue weighted by molar-refractivity contribution is 5.56. The summed E-state index contributed by atoms with van der Waals surface area (Å²) in [6, 6.07) is 7.73. The van der Waals surface area contributed by atoms with Crippen molar-refractivity contribution < 1.29 is 4.42 Å². The molecule has 0 radical (unpaired) electrons. The van der Waals surface area contributed by atoms with Crippen molar-refractivity contribution >= 4 is 0 Å². The number of hydrogen-bond acceptors (Lipinski definition) is 3. The Bertz CT molecular complexity index is 532. The second kappa shape index (κ2) is 3.97. The second-order valence-electron chi connectivity index (χ2n) is 3.08. The highest BCUT2D eigenvalue weighted by atomic mass is 16.4. The SMILES string of the molecule is CC#Cc1cccc(-c2nnc(C)o2)c1. The number of aryl methyl sites for hydroxylation is 1. The molecular weight excluding hydrogens is 188 g/mol. The van der Waals surface area contributed by atoms with E-state index in [2.05, 4.69) is 22.0 Å². The van der Waals surface area contributed by atoms with Crippen molar-refractivity contribution in [1.29, 1.82) is 0 Å². The number of benzene rings is 1. The highest BCUT2D eigenvalue weighted by Gasteiger charge is 2.05. The van der Waals surface area contributed by atoms with E-state index in [1.54, 1.807) is 6.92 Å². The van der Waals surface area contributed by atoms with Gasteiger partial charge in [-0.3, -0.25) is 0 Å². The molecule has 0 atom stereocenters. The lowest BCUT2D eigenvalue weighted by Crippen LogP contribution is -1.80. The third-order valence-corrected chi connectivity index (χ3v) is 1.90. The zero-order chi connectivity index (χ0) is 10.7. The van der Waals surface area contributed by atoms with Crippen LogP contribution in [0.5, 0.6) is 0 Å². The van der Waals surface area contributed by atoms with Crippen LogP contribution < -0.4 is 0 Å². The predicted molar refractivity (Wildman–Crippen MR) is 57.0 cm³/mol. The van der Waals surface area contributed by atoms with Crippen molar-refractivity contribution in [3.8, 4) is 23.3 Å². The Morgan fingerprint density at radius 3 is 2.80 bits per heavy atom. The van der Waals surface area contributed by atoms with E-state index < -0.39 is 0 Å². The van der Waals surface area contributed by atoms with E-state index >= 15 is 0 Å². The van der Waals surface area contributed by atoms with Gasteiger partial charge in [0.15, 0.2) is 0 Å². The van der Waals surface area contributed by atoms with Gasteiger partial charge in [0.05, 0.1) is 0 Å². The maximum absolute atomic E-state index is 5.33. The predicted octanol–water partition coefficient (Wildman–Crippen LogP) is 2.42. The van der Waals surface area contributed by atoms with Gasteiger partial charge < -0.3 is 4.42 Å². The minimum atomic E-state index is 0.534. The first kappa shape index (κ1) is 9.47. The van der Waals surface area contributed by atoms with E-state index in [-0.39, 0.29) is 0 Å². The third-order valence-electron chi connectivity index (χ3n) is 1.90. The fourth-order valence-electron chi connectivity index (χ4n) is 1.29. The summed E-state index contributed by atoms with van der Waals surface area (Å²) >= 11 is 0. The normalized spacial score (nSPS) is 9.47. The first-order chi connectivity index (χ1) is 7.29. The quantitative estimate of drug-likeness (QED) is 0.660. The maximum Gasteiger partial charge on any atom is 0.247 e. The molecule has 0 bridgehead atoms. The molecule has 0 N–H and O–H groups in total. The number of nitrogens with zero attached hydrogens (tertiary/aromatic N) is 2. The molecule has 1 aromatic heterocycles. The molecule has 74 valence electrons. The first-order valence-corrected chi connectivity index (χ1v) is 4.63. The fraction of sp³-hybridized carbons (Fsp3) is 0.167. The molecule has 2 aromatic rings. The summed E-state index contributed by atoms with van der Waals surface area (Å²) in [6.07, 6.45) is 0. The molecule has 0 saturated carbocycles. The molecule has 0 amide bonds. The Balaban J connectivity index is 2.43. The van der Waals surface area contributed by atoms with Crippen molar-refractivity contribution in [2.75, 3.05) is 0 Å². The Hall–Kier alpha value is -2.08. The van der Waals surface area contributed by atoms with Crippen molar-refractivity contribution in [2.45, 2.75) is 13.8 Å². The van der Waals surface area contributed by atoms with E-state index in [1.165, 1.54) is 0 Å². The fourth-order valence-corrected chi connectivity index (χ4v) is 1.29. The molecular formula is C12H10N2O. The summed E-state index contributed by atoms with van der Waals surface area (Å²) < 4.78 is 5.33. The van der Waals surface area contributed by atoms with Gasteiger partial charge in [-0.1, -0.05) is 12.0 Å². The largest absolute Gasteiger partial charge is 0.421 e. The molecule has 0 aliphatic heterocycles. The van der Waals surface area contributed by atoms with Crippen LogP contribution in [0.3, 0.4) is 0 Å². The molecule has 1 aromatic carbocycles.